The summed E-state index contributed by atoms with van der Waals surface area (Å²) in [7, 11) is 0. The monoisotopic (exact) mass is 291 g/mol. The number of aryl methyl sites for hydroxylation is 1. The van der Waals surface area contributed by atoms with Crippen molar-refractivity contribution in [3.63, 3.8) is 0 Å². The van der Waals surface area contributed by atoms with Crippen LogP contribution in [0.5, 0.6) is 0 Å². The van der Waals surface area contributed by atoms with Gasteiger partial charge in [0, 0.05) is 31.2 Å². The second-order valence-electron chi connectivity index (χ2n) is 6.50. The van der Waals surface area contributed by atoms with Crippen molar-refractivity contribution < 1.29 is 4.42 Å². The molecule has 2 fully saturated rings. The zero-order valence-electron chi connectivity index (χ0n) is 13.5. The fourth-order valence-electron chi connectivity index (χ4n) is 3.68. The van der Waals surface area contributed by atoms with Gasteiger partial charge in [-0.25, -0.2) is 0 Å². The molecule has 2 aliphatic rings. The standard InChI is InChI=1S/C17H29N3O/c1-3-18-11-15-10-17(21-14(15)2)13-19-9-6-16(12-19)20-7-4-5-8-20/h10,16,18H,3-9,11-13H2,1-2H3. The van der Waals surface area contributed by atoms with Gasteiger partial charge < -0.3 is 9.73 Å². The summed E-state index contributed by atoms with van der Waals surface area (Å²) in [6.07, 6.45) is 4.10. The highest BCUT2D eigenvalue weighted by Gasteiger charge is 2.29. The highest BCUT2D eigenvalue weighted by molar-refractivity contribution is 5.20. The van der Waals surface area contributed by atoms with Crippen LogP contribution in [-0.2, 0) is 13.1 Å². The summed E-state index contributed by atoms with van der Waals surface area (Å²) in [5.41, 5.74) is 1.31. The third-order valence-corrected chi connectivity index (χ3v) is 4.92. The van der Waals surface area contributed by atoms with Crippen molar-refractivity contribution in [2.45, 2.75) is 52.2 Å². The average Bonchev–Trinajstić information content (AvgIpc) is 3.18. The first-order valence-corrected chi connectivity index (χ1v) is 8.51. The van der Waals surface area contributed by atoms with Gasteiger partial charge in [-0.15, -0.1) is 0 Å². The zero-order valence-corrected chi connectivity index (χ0v) is 13.5. The predicted molar refractivity (Wildman–Crippen MR) is 85.3 cm³/mol. The van der Waals surface area contributed by atoms with Crippen molar-refractivity contribution in [2.75, 3.05) is 32.7 Å². The number of rotatable bonds is 6. The summed E-state index contributed by atoms with van der Waals surface area (Å²) in [5, 5.41) is 3.38. The van der Waals surface area contributed by atoms with E-state index in [1.807, 2.05) is 0 Å². The van der Waals surface area contributed by atoms with Gasteiger partial charge in [-0.2, -0.15) is 0 Å². The summed E-state index contributed by atoms with van der Waals surface area (Å²) in [5.74, 6) is 2.20. The summed E-state index contributed by atoms with van der Waals surface area (Å²) < 4.78 is 5.94. The number of nitrogens with zero attached hydrogens (tertiary/aromatic N) is 2. The van der Waals surface area contributed by atoms with E-state index in [0.717, 1.165) is 37.2 Å². The quantitative estimate of drug-likeness (QED) is 0.872. The molecule has 2 aliphatic heterocycles. The van der Waals surface area contributed by atoms with Crippen molar-refractivity contribution in [3.05, 3.63) is 23.2 Å². The lowest BCUT2D eigenvalue weighted by molar-refractivity contribution is 0.223. The third-order valence-electron chi connectivity index (χ3n) is 4.92. The van der Waals surface area contributed by atoms with Crippen LogP contribution in [0.25, 0.3) is 0 Å². The van der Waals surface area contributed by atoms with Crippen LogP contribution in [0.4, 0.5) is 0 Å². The van der Waals surface area contributed by atoms with Gasteiger partial charge in [-0.05, 0) is 51.9 Å². The van der Waals surface area contributed by atoms with Crippen molar-refractivity contribution in [1.82, 2.24) is 15.1 Å². The van der Waals surface area contributed by atoms with Crippen LogP contribution in [0, 0.1) is 6.92 Å². The highest BCUT2D eigenvalue weighted by Crippen LogP contribution is 2.23. The lowest BCUT2D eigenvalue weighted by Gasteiger charge is -2.23. The molecular weight excluding hydrogens is 262 g/mol. The van der Waals surface area contributed by atoms with Gasteiger partial charge in [0.1, 0.15) is 11.5 Å². The molecule has 1 unspecified atom stereocenters. The molecule has 4 heteroatoms. The van der Waals surface area contributed by atoms with Crippen molar-refractivity contribution >= 4 is 0 Å². The van der Waals surface area contributed by atoms with E-state index in [1.54, 1.807) is 0 Å². The van der Waals surface area contributed by atoms with Gasteiger partial charge in [-0.1, -0.05) is 6.92 Å². The summed E-state index contributed by atoms with van der Waals surface area (Å²) in [6, 6.07) is 3.02. The molecule has 1 aromatic heterocycles. The maximum absolute atomic E-state index is 5.94. The first-order chi connectivity index (χ1) is 10.3. The second-order valence-corrected chi connectivity index (χ2v) is 6.50. The molecule has 1 aromatic rings. The molecule has 118 valence electrons. The number of hydrogen-bond acceptors (Lipinski definition) is 4. The van der Waals surface area contributed by atoms with Crippen LogP contribution in [-0.4, -0.2) is 48.6 Å². The largest absolute Gasteiger partial charge is 0.465 e. The number of hydrogen-bond donors (Lipinski definition) is 1. The fraction of sp³-hybridized carbons (Fsp3) is 0.765. The molecule has 3 rings (SSSR count). The minimum atomic E-state index is 0.782. The Labute approximate surface area is 128 Å². The molecule has 4 nitrogen and oxygen atoms in total. The van der Waals surface area contributed by atoms with Crippen molar-refractivity contribution in [2.24, 2.45) is 0 Å². The van der Waals surface area contributed by atoms with Gasteiger partial charge in [0.05, 0.1) is 6.54 Å². The van der Waals surface area contributed by atoms with E-state index in [4.69, 9.17) is 4.42 Å². The topological polar surface area (TPSA) is 31.6 Å². The van der Waals surface area contributed by atoms with E-state index in [0.29, 0.717) is 0 Å². The Kier molecular flexibility index (Phi) is 4.99. The molecule has 1 atom stereocenters. The normalized spacial score (nSPS) is 24.2. The predicted octanol–water partition coefficient (Wildman–Crippen LogP) is 2.37. The molecule has 3 heterocycles. The van der Waals surface area contributed by atoms with Gasteiger partial charge in [0.15, 0.2) is 0 Å². The molecule has 0 radical (unpaired) electrons. The van der Waals surface area contributed by atoms with Crippen LogP contribution < -0.4 is 5.32 Å². The Morgan fingerprint density at radius 1 is 1.29 bits per heavy atom. The molecule has 21 heavy (non-hydrogen) atoms. The van der Waals surface area contributed by atoms with E-state index in [9.17, 15) is 0 Å². The molecule has 0 spiro atoms. The fourth-order valence-corrected chi connectivity index (χ4v) is 3.68. The molecule has 0 amide bonds. The van der Waals surface area contributed by atoms with Crippen molar-refractivity contribution in [3.8, 4) is 0 Å². The Balaban J connectivity index is 1.52. The molecule has 0 bridgehead atoms. The van der Waals surface area contributed by atoms with Crippen LogP contribution >= 0.6 is 0 Å². The minimum Gasteiger partial charge on any atom is -0.465 e. The van der Waals surface area contributed by atoms with Gasteiger partial charge in [0.2, 0.25) is 0 Å². The molecule has 0 saturated carbocycles. The summed E-state index contributed by atoms with van der Waals surface area (Å²) in [6.45, 7) is 12.2. The SMILES string of the molecule is CCNCc1cc(CN2CCC(N3CCCC3)C2)oc1C. The molecule has 2 saturated heterocycles. The molecular formula is C17H29N3O. The highest BCUT2D eigenvalue weighted by atomic mass is 16.3. The van der Waals surface area contributed by atoms with E-state index in [1.165, 1.54) is 51.0 Å². The zero-order chi connectivity index (χ0) is 14.7. The first kappa shape index (κ1) is 15.1. The Morgan fingerprint density at radius 2 is 2.10 bits per heavy atom. The molecule has 1 N–H and O–H groups in total. The summed E-state index contributed by atoms with van der Waals surface area (Å²) in [4.78, 5) is 5.24. The lowest BCUT2D eigenvalue weighted by atomic mass is 10.2. The smallest absolute Gasteiger partial charge is 0.118 e. The lowest BCUT2D eigenvalue weighted by Crippen LogP contribution is -2.35. The van der Waals surface area contributed by atoms with Gasteiger partial charge >= 0.3 is 0 Å². The second kappa shape index (κ2) is 6.95. The van der Waals surface area contributed by atoms with Gasteiger partial charge in [-0.3, -0.25) is 9.80 Å². The van der Waals surface area contributed by atoms with Crippen molar-refractivity contribution in [1.29, 1.82) is 0 Å². The maximum Gasteiger partial charge on any atom is 0.118 e. The van der Waals surface area contributed by atoms with Crippen LogP contribution in [0.2, 0.25) is 0 Å². The maximum atomic E-state index is 5.94. The van der Waals surface area contributed by atoms with E-state index in [2.05, 4.69) is 35.0 Å². The van der Waals surface area contributed by atoms with Gasteiger partial charge in [0.25, 0.3) is 0 Å². The van der Waals surface area contributed by atoms with Crippen LogP contribution in [0.1, 0.15) is 43.3 Å². The minimum absolute atomic E-state index is 0.782. The molecule has 0 aromatic carbocycles. The summed E-state index contributed by atoms with van der Waals surface area (Å²) >= 11 is 0. The van der Waals surface area contributed by atoms with E-state index >= 15 is 0 Å². The van der Waals surface area contributed by atoms with Crippen LogP contribution in [0.15, 0.2) is 10.5 Å². The first-order valence-electron chi connectivity index (χ1n) is 8.51. The van der Waals surface area contributed by atoms with E-state index in [-0.39, 0.29) is 0 Å². The molecule has 0 aliphatic carbocycles. The van der Waals surface area contributed by atoms with Crippen LogP contribution in [0.3, 0.4) is 0 Å². The third kappa shape index (κ3) is 3.68. The number of likely N-dealkylation sites (tertiary alicyclic amines) is 2. The Bertz CT molecular complexity index is 451. The Hall–Kier alpha value is -0.840. The average molecular weight is 291 g/mol. The number of nitrogens with one attached hydrogen (secondary N) is 1. The van der Waals surface area contributed by atoms with E-state index < -0.39 is 0 Å². The number of furan rings is 1. The Morgan fingerprint density at radius 3 is 2.86 bits per heavy atom.